The second kappa shape index (κ2) is 30.9. The summed E-state index contributed by atoms with van der Waals surface area (Å²) in [5, 5.41) is 20.4. The molecule has 5 aromatic rings. The van der Waals surface area contributed by atoms with Crippen LogP contribution in [0.5, 0.6) is 0 Å². The maximum atomic E-state index is 13.2. The molecule has 0 bridgehead atoms. The number of esters is 1. The molecule has 0 saturated heterocycles. The number of aromatic nitrogens is 6. The average molecular weight is 1230 g/mol. The Bertz CT molecular complexity index is 3420. The topological polar surface area (TPSA) is 313 Å². The molecular weight excluding hydrogens is 1160 g/mol. The normalized spacial score (nSPS) is 14.9. The molecule has 2 unspecified atom stereocenters. The van der Waals surface area contributed by atoms with Gasteiger partial charge in [0.25, 0.3) is 0 Å². The van der Waals surface area contributed by atoms with Crippen LogP contribution < -0.4 is 21.3 Å². The summed E-state index contributed by atoms with van der Waals surface area (Å²) in [5.74, 6) is 3.24. The molecule has 0 saturated carbocycles. The van der Waals surface area contributed by atoms with E-state index in [1.54, 1.807) is 73.7 Å². The van der Waals surface area contributed by atoms with Gasteiger partial charge in [-0.05, 0) is 89.8 Å². The highest BCUT2D eigenvalue weighted by Gasteiger charge is 2.37. The standard InChI is InChI=1S/C60H72N12O13S2/c1-38(2)72(87(8)80)23-22-44-45-15-12-13-16-48(45)66-54-47(44)30-70(7)49(54)24-46-41(31-73)33-82-56(78)55(46)85-58(79)83-32-39-18-20-42(21-19-39)65-51(75)28-62-52(76)34-81-35-53(77)67-59(3,4)37-84-60(5,6)36-71-29-43(68-69-71)27-61-50(74)17-11-9-10-14-40-25-63-57(86)64-26-40/h12-13,15-16,18-21,24-26,29,31,38,55H,9,11,17,22-23,27-28,30,32-37H2,1-8H3,(H,61,74)(H,62,76)(H,65,75)(H,67,77)(H,63,64,86)/b49-24-. The lowest BCUT2D eigenvalue weighted by atomic mass is 9.96. The molecule has 7 rings (SSSR count). The highest BCUT2D eigenvalue weighted by Crippen LogP contribution is 2.38. The number of rotatable bonds is 28. The van der Waals surface area contributed by atoms with Crippen molar-refractivity contribution in [3.8, 4) is 11.8 Å². The van der Waals surface area contributed by atoms with Crippen LogP contribution in [0, 0.1) is 11.8 Å². The lowest BCUT2D eigenvalue weighted by molar-refractivity contribution is -0.153. The number of benzene rings is 2. The first kappa shape index (κ1) is 66.3. The van der Waals surface area contributed by atoms with E-state index >= 15 is 0 Å². The summed E-state index contributed by atoms with van der Waals surface area (Å²) in [7, 11) is 1.86. The zero-order valence-corrected chi connectivity index (χ0v) is 51.5. The summed E-state index contributed by atoms with van der Waals surface area (Å²) < 4.78 is 43.8. The highest BCUT2D eigenvalue weighted by molar-refractivity contribution is 7.88. The maximum absolute atomic E-state index is 13.2. The minimum atomic E-state index is -1.64. The summed E-state index contributed by atoms with van der Waals surface area (Å²) in [5.41, 5.74) is 4.70. The van der Waals surface area contributed by atoms with Crippen LogP contribution in [0.15, 0.2) is 89.5 Å². The van der Waals surface area contributed by atoms with Gasteiger partial charge in [-0.25, -0.2) is 29.2 Å². The molecule has 87 heavy (non-hydrogen) atoms. The van der Waals surface area contributed by atoms with Crippen LogP contribution in [-0.2, 0) is 96.5 Å². The second-order valence-electron chi connectivity index (χ2n) is 22.1. The van der Waals surface area contributed by atoms with Crippen molar-refractivity contribution in [1.29, 1.82) is 0 Å². The van der Waals surface area contributed by atoms with E-state index in [0.29, 0.717) is 90.7 Å². The third kappa shape index (κ3) is 19.9. The first-order valence-corrected chi connectivity index (χ1v) is 29.9. The van der Waals surface area contributed by atoms with Crippen molar-refractivity contribution >= 4 is 88.3 Å². The minimum Gasteiger partial charge on any atom is -0.598 e. The Morgan fingerprint density at radius 3 is 2.46 bits per heavy atom. The number of carbonyl (C=O) groups is 7. The molecule has 0 spiro atoms. The number of thiol groups is 1. The number of anilines is 1. The van der Waals surface area contributed by atoms with Crippen LogP contribution in [0.1, 0.15) is 94.4 Å². The number of nitrogens with zero attached hydrogens (tertiary/aromatic N) is 8. The van der Waals surface area contributed by atoms with Crippen LogP contribution in [-0.4, -0.2) is 162 Å². The quantitative estimate of drug-likeness (QED) is 0.00886. The Hall–Kier alpha value is -8.26. The fourth-order valence-corrected chi connectivity index (χ4v) is 10.3. The number of hydrogen-bond donors (Lipinski definition) is 5. The molecular formula is C60H72N12O13S2. The summed E-state index contributed by atoms with van der Waals surface area (Å²) in [6.07, 6.45) is 7.89. The summed E-state index contributed by atoms with van der Waals surface area (Å²) in [4.78, 5) is 104. The van der Waals surface area contributed by atoms with Crippen molar-refractivity contribution < 1.29 is 61.8 Å². The van der Waals surface area contributed by atoms with Gasteiger partial charge in [-0.15, -0.1) is 22.0 Å². The maximum Gasteiger partial charge on any atom is 0.509 e. The number of amides is 4. The van der Waals surface area contributed by atoms with E-state index in [1.807, 2.05) is 68.2 Å². The molecule has 0 radical (unpaired) electrons. The minimum absolute atomic E-state index is 0.0510. The van der Waals surface area contributed by atoms with Gasteiger partial charge in [0.05, 0.1) is 66.0 Å². The Morgan fingerprint density at radius 2 is 1.74 bits per heavy atom. The van der Waals surface area contributed by atoms with Gasteiger partial charge in [0, 0.05) is 90.6 Å². The zero-order valence-electron chi connectivity index (χ0n) is 49.8. The lowest BCUT2D eigenvalue weighted by Crippen LogP contribution is -2.50. The van der Waals surface area contributed by atoms with Crippen molar-refractivity contribution in [3.05, 3.63) is 118 Å². The molecule has 25 nitrogen and oxygen atoms in total. The van der Waals surface area contributed by atoms with Gasteiger partial charge >= 0.3 is 12.1 Å². The van der Waals surface area contributed by atoms with Crippen molar-refractivity contribution in [1.82, 2.24) is 55.1 Å². The molecule has 2 aromatic carbocycles. The van der Waals surface area contributed by atoms with Crippen LogP contribution >= 0.6 is 12.6 Å². The summed E-state index contributed by atoms with van der Waals surface area (Å²) in [6, 6.07) is 14.0. The fraction of sp³-hybridized carbons (Fsp3) is 0.433. The van der Waals surface area contributed by atoms with Crippen molar-refractivity contribution in [2.45, 2.75) is 122 Å². The van der Waals surface area contributed by atoms with E-state index < -0.39 is 78.2 Å². The van der Waals surface area contributed by atoms with E-state index in [9.17, 15) is 38.1 Å². The smallest absolute Gasteiger partial charge is 0.509 e. The predicted molar refractivity (Wildman–Crippen MR) is 323 cm³/mol. The highest BCUT2D eigenvalue weighted by atomic mass is 32.2. The lowest BCUT2D eigenvalue weighted by Gasteiger charge is -2.32. The average Bonchev–Trinajstić information content (AvgIpc) is 1.72. The van der Waals surface area contributed by atoms with E-state index in [-0.39, 0.29) is 49.5 Å². The number of pyridine rings is 1. The predicted octanol–water partition coefficient (Wildman–Crippen LogP) is 4.31. The molecule has 4 amide bonds. The second-order valence-corrected chi connectivity index (χ2v) is 23.8. The van der Waals surface area contributed by atoms with Crippen molar-refractivity contribution in [2.75, 3.05) is 58.1 Å². The Balaban J connectivity index is 0.794. The van der Waals surface area contributed by atoms with E-state index in [1.165, 1.54) is 0 Å². The van der Waals surface area contributed by atoms with E-state index in [2.05, 4.69) is 66.0 Å². The number of hydrogen-bond acceptors (Lipinski definition) is 21. The molecule has 5 heterocycles. The van der Waals surface area contributed by atoms with Crippen LogP contribution in [0.4, 0.5) is 10.5 Å². The third-order valence-electron chi connectivity index (χ3n) is 13.5. The molecule has 2 atom stereocenters. The molecule has 2 aliphatic rings. The molecule has 462 valence electrons. The zero-order chi connectivity index (χ0) is 62.8. The number of aldehydes is 1. The molecule has 3 aromatic heterocycles. The first-order valence-electron chi connectivity index (χ1n) is 27.9. The van der Waals surface area contributed by atoms with Gasteiger partial charge in [0.2, 0.25) is 29.7 Å². The monoisotopic (exact) mass is 1230 g/mol. The van der Waals surface area contributed by atoms with E-state index in [0.717, 1.165) is 22.0 Å². The van der Waals surface area contributed by atoms with Gasteiger partial charge in [-0.3, -0.25) is 24.0 Å². The third-order valence-corrected chi connectivity index (χ3v) is 15.0. The number of para-hydroxylation sites is 1. The van der Waals surface area contributed by atoms with Crippen LogP contribution in [0.3, 0.4) is 0 Å². The van der Waals surface area contributed by atoms with Gasteiger partial charge in [-0.1, -0.05) is 47.4 Å². The van der Waals surface area contributed by atoms with E-state index in [4.69, 9.17) is 28.7 Å². The molecule has 27 heteroatoms. The van der Waals surface area contributed by atoms with Gasteiger partial charge in [0.1, 0.15) is 44.7 Å². The van der Waals surface area contributed by atoms with Gasteiger partial charge < -0.3 is 54.4 Å². The first-order chi connectivity index (χ1) is 41.5. The fourth-order valence-electron chi connectivity index (χ4n) is 9.26. The van der Waals surface area contributed by atoms with Crippen molar-refractivity contribution in [2.24, 2.45) is 0 Å². The number of fused-ring (bicyclic) bond motifs is 2. The Kier molecular flexibility index (Phi) is 23.5. The molecule has 2 aliphatic heterocycles. The Labute approximate surface area is 512 Å². The molecule has 0 fully saturated rings. The van der Waals surface area contributed by atoms with Gasteiger partial charge in [-0.2, -0.15) is 0 Å². The number of nitrogens with one attached hydrogen (secondary N) is 4. The largest absolute Gasteiger partial charge is 0.598 e. The number of ether oxygens (including phenoxy) is 5. The van der Waals surface area contributed by atoms with Gasteiger partial charge in [0.15, 0.2) is 5.16 Å². The number of carbonyl (C=O) groups excluding carboxylic acids is 7. The number of unbranched alkanes of at least 4 members (excludes halogenated alkanes) is 1. The summed E-state index contributed by atoms with van der Waals surface area (Å²) >= 11 is 2.86. The van der Waals surface area contributed by atoms with Crippen LogP contribution in [0.2, 0.25) is 0 Å². The molecule has 4 N–H and O–H groups in total. The summed E-state index contributed by atoms with van der Waals surface area (Å²) in [6.45, 7) is 10.9. The van der Waals surface area contributed by atoms with Crippen LogP contribution in [0.25, 0.3) is 16.6 Å². The SMILES string of the molecule is CC(C)N(CCc1c2c(nc3ccccc13)/C(=C/C1=C(C=O)COC(=O)C1OC(=O)OCc1ccc(NC(=O)CNC(=O)COCC(=O)NC(C)(C)COC(C)(C)Cn3cc(CNC(=O)CCCC#Cc4cnc(S)nc4)nn3)cc1)N(C)C2)[S+](C)[O-]. The molecule has 0 aliphatic carbocycles. The Morgan fingerprint density at radius 1 is 1.00 bits per heavy atom. The van der Waals surface area contributed by atoms with Crippen molar-refractivity contribution in [3.63, 3.8) is 0 Å². The number of cyclic esters (lactones) is 1.